The van der Waals surface area contributed by atoms with Gasteiger partial charge in [0.15, 0.2) is 5.65 Å². The van der Waals surface area contributed by atoms with Gasteiger partial charge in [-0.1, -0.05) is 0 Å². The Hall–Kier alpha value is -3.78. The number of nitrogens with two attached hydrogens (primary N) is 2. The van der Waals surface area contributed by atoms with Crippen molar-refractivity contribution >= 4 is 40.3 Å². The second-order valence-electron chi connectivity index (χ2n) is 7.47. The van der Waals surface area contributed by atoms with Crippen molar-refractivity contribution in [3.63, 3.8) is 0 Å². The number of nitrogen functional groups attached to an aromatic ring is 1. The van der Waals surface area contributed by atoms with E-state index in [1.165, 1.54) is 9.52 Å². The molecule has 0 saturated heterocycles. The molecule has 1 unspecified atom stereocenters. The van der Waals surface area contributed by atoms with Gasteiger partial charge in [0.25, 0.3) is 5.91 Å². The number of nitrogens with zero attached hydrogens (tertiary/aromatic N) is 4. The average Bonchev–Trinajstić information content (AvgIpc) is 3.14. The quantitative estimate of drug-likeness (QED) is 0.216. The molecule has 2 aromatic heterocycles. The van der Waals surface area contributed by atoms with Crippen LogP contribution >= 0.6 is 0 Å². The van der Waals surface area contributed by atoms with Crippen LogP contribution in [0.2, 0.25) is 0 Å². The molecule has 1 amide bonds. The maximum atomic E-state index is 13.6. The van der Waals surface area contributed by atoms with Crippen LogP contribution in [0, 0.1) is 0 Å². The average molecular weight is 465 g/mol. The Morgan fingerprint density at radius 2 is 2.09 bits per heavy atom. The number of hydrogen-bond donors (Lipinski definition) is 5. The van der Waals surface area contributed by atoms with E-state index < -0.39 is 24.7 Å². The number of hydrazine groups is 1. The van der Waals surface area contributed by atoms with Gasteiger partial charge in [-0.2, -0.15) is 22.8 Å². The Kier molecular flexibility index (Phi) is 5.63. The van der Waals surface area contributed by atoms with Crippen molar-refractivity contribution in [1.82, 2.24) is 19.9 Å². The van der Waals surface area contributed by atoms with Gasteiger partial charge in [0.2, 0.25) is 0 Å². The summed E-state index contributed by atoms with van der Waals surface area (Å²) in [6.45, 7) is -0.973. The fourth-order valence-electron chi connectivity index (χ4n) is 3.54. The molecule has 4 bridgehead atoms. The van der Waals surface area contributed by atoms with Gasteiger partial charge in [-0.15, -0.1) is 0 Å². The molecular weight excluding hydrogens is 443 g/mol. The van der Waals surface area contributed by atoms with Crippen molar-refractivity contribution < 1.29 is 22.7 Å². The number of fused-ring (bicyclic) bond motifs is 3. The number of amides is 1. The lowest BCUT2D eigenvalue weighted by atomic mass is 10.1. The summed E-state index contributed by atoms with van der Waals surface area (Å²) in [6.07, 6.45) is -3.58. The largest absolute Gasteiger partial charge is 0.410 e. The molecule has 1 aliphatic rings. The highest BCUT2D eigenvalue weighted by Crippen LogP contribution is 2.35. The van der Waals surface area contributed by atoms with E-state index in [9.17, 15) is 18.0 Å². The van der Waals surface area contributed by atoms with Gasteiger partial charge < -0.3 is 31.4 Å². The predicted octanol–water partition coefficient (Wildman–Crippen LogP) is 1.60. The molecule has 14 heteroatoms. The highest BCUT2D eigenvalue weighted by Gasteiger charge is 2.41. The zero-order chi connectivity index (χ0) is 23.9. The maximum Gasteiger partial charge on any atom is 0.410 e. The van der Waals surface area contributed by atoms with E-state index in [-0.39, 0.29) is 29.3 Å². The van der Waals surface area contributed by atoms with Crippen LogP contribution in [0.5, 0.6) is 0 Å². The molecule has 3 aromatic rings. The fourth-order valence-corrected chi connectivity index (χ4v) is 3.54. The summed E-state index contributed by atoms with van der Waals surface area (Å²) in [5.74, 6) is 5.69. The van der Waals surface area contributed by atoms with Crippen molar-refractivity contribution in [2.24, 2.45) is 5.84 Å². The second-order valence-corrected chi connectivity index (χ2v) is 7.47. The first-order valence-corrected chi connectivity index (χ1v) is 9.78. The number of carbonyl (C=O) groups is 1. The number of hydrogen-bond acceptors (Lipinski definition) is 9. The maximum absolute atomic E-state index is 13.6. The molecule has 0 fully saturated rings. The molecule has 0 spiro atoms. The summed E-state index contributed by atoms with van der Waals surface area (Å²) in [7, 11) is 3.22. The van der Waals surface area contributed by atoms with E-state index in [0.717, 1.165) is 6.20 Å². The Morgan fingerprint density at radius 1 is 1.33 bits per heavy atom. The molecular formula is C19H22F3N9O2. The van der Waals surface area contributed by atoms with Crippen molar-refractivity contribution in [1.29, 1.82) is 0 Å². The summed E-state index contributed by atoms with van der Waals surface area (Å²) in [5, 5.41) is 13.4. The smallest absolute Gasteiger partial charge is 0.397 e. The Morgan fingerprint density at radius 3 is 2.76 bits per heavy atom. The highest BCUT2D eigenvalue weighted by atomic mass is 19.4. The van der Waals surface area contributed by atoms with Gasteiger partial charge in [-0.25, -0.2) is 10.8 Å². The zero-order valence-corrected chi connectivity index (χ0v) is 17.7. The summed E-state index contributed by atoms with van der Waals surface area (Å²) in [5.41, 5.74) is 7.76. The zero-order valence-electron chi connectivity index (χ0n) is 17.7. The number of benzene rings is 1. The van der Waals surface area contributed by atoms with Crippen LogP contribution in [0.1, 0.15) is 15.9 Å². The number of alkyl halides is 3. The molecule has 7 N–H and O–H groups in total. The van der Waals surface area contributed by atoms with Crippen molar-refractivity contribution in [2.45, 2.75) is 18.8 Å². The predicted molar refractivity (Wildman–Crippen MR) is 116 cm³/mol. The van der Waals surface area contributed by atoms with E-state index in [0.29, 0.717) is 22.8 Å². The molecule has 1 atom stereocenters. The first kappa shape index (κ1) is 22.4. The van der Waals surface area contributed by atoms with Crippen LogP contribution in [0.4, 0.5) is 41.9 Å². The first-order chi connectivity index (χ1) is 15.6. The number of ether oxygens (including phenoxy) is 1. The Bertz CT molecular complexity index is 1210. The van der Waals surface area contributed by atoms with Gasteiger partial charge in [-0.05, 0) is 17.7 Å². The number of anilines is 5. The highest BCUT2D eigenvalue weighted by molar-refractivity contribution is 6.00. The number of rotatable bonds is 2. The number of carbonyl (C=O) groups excluding carboxylic acids is 1. The van der Waals surface area contributed by atoms with Crippen LogP contribution in [0.3, 0.4) is 0 Å². The van der Waals surface area contributed by atoms with E-state index in [2.05, 4.69) is 20.7 Å². The third-order valence-corrected chi connectivity index (χ3v) is 5.04. The van der Waals surface area contributed by atoms with Crippen molar-refractivity contribution in [2.75, 3.05) is 42.1 Å². The van der Waals surface area contributed by atoms with Crippen molar-refractivity contribution in [3.8, 4) is 0 Å². The lowest BCUT2D eigenvalue weighted by Crippen LogP contribution is -2.48. The molecule has 0 saturated carbocycles. The van der Waals surface area contributed by atoms with Crippen LogP contribution in [-0.2, 0) is 11.3 Å². The topological polar surface area (TPSA) is 148 Å². The van der Waals surface area contributed by atoms with E-state index >= 15 is 0 Å². The van der Waals surface area contributed by atoms with E-state index in [4.69, 9.17) is 16.3 Å². The SMILES string of the molecule is CNc1cc2nc3c(cnn13)C(=O)NC(C(F)(F)F)COCc1cc(N)c(N(C)N)c(c1)N2. The summed E-state index contributed by atoms with van der Waals surface area (Å²) in [4.78, 5) is 17.1. The number of nitrogens with one attached hydrogen (secondary N) is 3. The van der Waals surface area contributed by atoms with Crippen LogP contribution in [-0.4, -0.2) is 53.4 Å². The Balaban J connectivity index is 1.92. The summed E-state index contributed by atoms with van der Waals surface area (Å²) >= 11 is 0. The van der Waals surface area contributed by atoms with Gasteiger partial charge in [-0.3, -0.25) is 4.79 Å². The molecule has 1 aromatic carbocycles. The second kappa shape index (κ2) is 8.29. The monoisotopic (exact) mass is 465 g/mol. The number of aromatic nitrogens is 3. The van der Waals surface area contributed by atoms with Crippen molar-refractivity contribution in [3.05, 3.63) is 35.5 Å². The molecule has 11 nitrogen and oxygen atoms in total. The van der Waals surface area contributed by atoms with Gasteiger partial charge in [0, 0.05) is 20.2 Å². The molecule has 3 heterocycles. The first-order valence-electron chi connectivity index (χ1n) is 9.78. The minimum atomic E-state index is -4.73. The van der Waals surface area contributed by atoms with E-state index in [1.54, 1.807) is 32.3 Å². The molecule has 4 rings (SSSR count). The molecule has 0 aliphatic carbocycles. The number of halogens is 3. The van der Waals surface area contributed by atoms with Crippen LogP contribution in [0.25, 0.3) is 5.65 Å². The fraction of sp³-hybridized carbons (Fsp3) is 0.316. The lowest BCUT2D eigenvalue weighted by Gasteiger charge is -2.23. The van der Waals surface area contributed by atoms with Crippen LogP contribution in [0.15, 0.2) is 24.4 Å². The van der Waals surface area contributed by atoms with Gasteiger partial charge in [0.1, 0.15) is 23.2 Å². The summed E-state index contributed by atoms with van der Waals surface area (Å²) < 4.78 is 47.3. The molecule has 33 heavy (non-hydrogen) atoms. The third kappa shape index (κ3) is 4.29. The third-order valence-electron chi connectivity index (χ3n) is 5.04. The van der Waals surface area contributed by atoms with E-state index in [1.807, 2.05) is 5.32 Å². The minimum absolute atomic E-state index is 0.0486. The summed E-state index contributed by atoms with van der Waals surface area (Å²) in [6, 6.07) is 2.59. The lowest BCUT2D eigenvalue weighted by molar-refractivity contribution is -0.166. The minimum Gasteiger partial charge on any atom is -0.397 e. The van der Waals surface area contributed by atoms with Gasteiger partial charge in [0.05, 0.1) is 36.5 Å². The van der Waals surface area contributed by atoms with Gasteiger partial charge >= 0.3 is 6.18 Å². The molecule has 0 radical (unpaired) electrons. The molecule has 176 valence electrons. The standard InChI is InChI=1S/C19H22F3N9O2/c1-25-15-5-14-27-12-4-9(3-11(23)16(12)30(2)24)7-33-8-13(19(20,21)22)28-18(32)10-6-26-31(15)17(10)29-14/h3-6,13,25H,7-8,23-24H2,1-2H3,(H,27,29)(H,28,32). The van der Waals surface area contributed by atoms with Crippen LogP contribution < -0.4 is 32.5 Å². The normalized spacial score (nSPS) is 16.8. The molecule has 1 aliphatic heterocycles. The Labute approximate surface area is 185 Å².